The highest BCUT2D eigenvalue weighted by molar-refractivity contribution is 5.74. The molecule has 5 unspecified atom stereocenters. The van der Waals surface area contributed by atoms with Gasteiger partial charge in [-0.3, -0.25) is 4.79 Å². The fourth-order valence-corrected chi connectivity index (χ4v) is 3.59. The number of hydrogen-bond donors (Lipinski definition) is 0. The van der Waals surface area contributed by atoms with Gasteiger partial charge in [-0.05, 0) is 57.3 Å². The van der Waals surface area contributed by atoms with Gasteiger partial charge in [-0.25, -0.2) is 0 Å². The third kappa shape index (κ3) is 1.99. The Hall–Kier alpha value is -0.530. The maximum Gasteiger partial charge on any atom is 0.309 e. The molecule has 2 fully saturated rings. The highest BCUT2D eigenvalue weighted by atomic mass is 16.6. The molecular weight excluding hydrogens is 200 g/mol. The van der Waals surface area contributed by atoms with Gasteiger partial charge >= 0.3 is 5.97 Å². The summed E-state index contributed by atoms with van der Waals surface area (Å²) in [6.45, 7) is 10.5. The summed E-state index contributed by atoms with van der Waals surface area (Å²) in [5.41, 5.74) is -0.340. The Labute approximate surface area is 98.7 Å². The molecule has 2 heteroatoms. The molecule has 0 saturated heterocycles. The topological polar surface area (TPSA) is 26.3 Å². The fourth-order valence-electron chi connectivity index (χ4n) is 3.59. The molecule has 2 saturated carbocycles. The monoisotopic (exact) mass is 224 g/mol. The SMILES string of the molecule is CC1C2CC(C(=O)OC(C)(C)C)C(C2)C1C. The van der Waals surface area contributed by atoms with Crippen molar-refractivity contribution < 1.29 is 9.53 Å². The predicted octanol–water partition coefficient (Wildman–Crippen LogP) is 3.26. The van der Waals surface area contributed by atoms with Crippen molar-refractivity contribution in [2.24, 2.45) is 29.6 Å². The van der Waals surface area contributed by atoms with Gasteiger partial charge in [-0.15, -0.1) is 0 Å². The van der Waals surface area contributed by atoms with Gasteiger partial charge in [0.05, 0.1) is 5.92 Å². The summed E-state index contributed by atoms with van der Waals surface area (Å²) in [7, 11) is 0. The zero-order chi connectivity index (χ0) is 12.1. The van der Waals surface area contributed by atoms with Gasteiger partial charge < -0.3 is 4.74 Å². The Morgan fingerprint density at radius 2 is 1.75 bits per heavy atom. The van der Waals surface area contributed by atoms with Crippen LogP contribution in [0.3, 0.4) is 0 Å². The number of ether oxygens (including phenoxy) is 1. The zero-order valence-electron chi connectivity index (χ0n) is 11.1. The zero-order valence-corrected chi connectivity index (χ0v) is 11.1. The van der Waals surface area contributed by atoms with E-state index in [9.17, 15) is 4.79 Å². The summed E-state index contributed by atoms with van der Waals surface area (Å²) in [5, 5.41) is 0. The lowest BCUT2D eigenvalue weighted by Gasteiger charge is -2.32. The second-order valence-electron chi connectivity index (χ2n) is 6.75. The summed E-state index contributed by atoms with van der Waals surface area (Å²) in [6, 6.07) is 0. The van der Waals surface area contributed by atoms with E-state index in [0.717, 1.165) is 18.3 Å². The molecule has 0 aliphatic heterocycles. The van der Waals surface area contributed by atoms with Gasteiger partial charge in [0, 0.05) is 0 Å². The van der Waals surface area contributed by atoms with Gasteiger partial charge in [0.15, 0.2) is 0 Å². The van der Waals surface area contributed by atoms with Crippen LogP contribution in [-0.2, 0) is 9.53 Å². The average Bonchev–Trinajstić information content (AvgIpc) is 2.65. The number of fused-ring (bicyclic) bond motifs is 2. The number of carbonyl (C=O) groups excluding carboxylic acids is 1. The molecule has 0 spiro atoms. The molecule has 0 heterocycles. The highest BCUT2D eigenvalue weighted by Gasteiger charge is 2.52. The normalized spacial score (nSPS) is 42.4. The van der Waals surface area contributed by atoms with Crippen LogP contribution in [0.5, 0.6) is 0 Å². The molecule has 2 aliphatic rings. The average molecular weight is 224 g/mol. The third-order valence-electron chi connectivity index (χ3n) is 4.61. The first-order valence-electron chi connectivity index (χ1n) is 6.52. The molecule has 0 amide bonds. The lowest BCUT2D eigenvalue weighted by molar-refractivity contribution is -0.163. The van der Waals surface area contributed by atoms with Crippen LogP contribution in [0.15, 0.2) is 0 Å². The fraction of sp³-hybridized carbons (Fsp3) is 0.929. The lowest BCUT2D eigenvalue weighted by Crippen LogP contribution is -2.35. The summed E-state index contributed by atoms with van der Waals surface area (Å²) < 4.78 is 5.52. The molecule has 0 aromatic carbocycles. The van der Waals surface area contributed by atoms with Crippen LogP contribution in [0.2, 0.25) is 0 Å². The number of carbonyl (C=O) groups is 1. The van der Waals surface area contributed by atoms with E-state index in [-0.39, 0.29) is 17.5 Å². The van der Waals surface area contributed by atoms with E-state index in [1.54, 1.807) is 0 Å². The lowest BCUT2D eigenvalue weighted by atomic mass is 9.76. The van der Waals surface area contributed by atoms with Crippen LogP contribution in [0.25, 0.3) is 0 Å². The Kier molecular flexibility index (Phi) is 2.80. The molecule has 16 heavy (non-hydrogen) atoms. The minimum Gasteiger partial charge on any atom is -0.460 e. The Morgan fingerprint density at radius 3 is 2.19 bits per heavy atom. The molecule has 0 N–H and O–H groups in total. The van der Waals surface area contributed by atoms with Crippen molar-refractivity contribution >= 4 is 5.97 Å². The van der Waals surface area contributed by atoms with Crippen molar-refractivity contribution in [1.82, 2.24) is 0 Å². The first-order chi connectivity index (χ1) is 7.29. The minimum atomic E-state index is -0.340. The molecule has 2 aliphatic carbocycles. The molecule has 5 atom stereocenters. The van der Waals surface area contributed by atoms with E-state index in [1.807, 2.05) is 20.8 Å². The minimum absolute atomic E-state index is 0.0405. The second-order valence-corrected chi connectivity index (χ2v) is 6.75. The smallest absolute Gasteiger partial charge is 0.309 e. The predicted molar refractivity (Wildman–Crippen MR) is 63.9 cm³/mol. The molecule has 2 nitrogen and oxygen atoms in total. The number of rotatable bonds is 1. The third-order valence-corrected chi connectivity index (χ3v) is 4.61. The van der Waals surface area contributed by atoms with Crippen LogP contribution in [0.4, 0.5) is 0 Å². The van der Waals surface area contributed by atoms with E-state index >= 15 is 0 Å². The van der Waals surface area contributed by atoms with Crippen molar-refractivity contribution in [2.45, 2.75) is 53.1 Å². The molecule has 0 radical (unpaired) electrons. The summed E-state index contributed by atoms with van der Waals surface area (Å²) >= 11 is 0. The molecule has 0 aromatic heterocycles. The molecule has 2 rings (SSSR count). The van der Waals surface area contributed by atoms with Gasteiger partial charge in [-0.1, -0.05) is 13.8 Å². The molecule has 2 bridgehead atoms. The van der Waals surface area contributed by atoms with Crippen molar-refractivity contribution in [2.75, 3.05) is 0 Å². The quantitative estimate of drug-likeness (QED) is 0.639. The summed E-state index contributed by atoms with van der Waals surface area (Å²) in [4.78, 5) is 12.1. The summed E-state index contributed by atoms with van der Waals surface area (Å²) in [5.74, 6) is 3.04. The van der Waals surface area contributed by atoms with Crippen molar-refractivity contribution in [1.29, 1.82) is 0 Å². The van der Waals surface area contributed by atoms with E-state index < -0.39 is 0 Å². The Bertz CT molecular complexity index is 288. The first kappa shape index (κ1) is 11.9. The van der Waals surface area contributed by atoms with Crippen LogP contribution in [-0.4, -0.2) is 11.6 Å². The van der Waals surface area contributed by atoms with E-state index in [0.29, 0.717) is 11.8 Å². The van der Waals surface area contributed by atoms with Crippen LogP contribution in [0, 0.1) is 29.6 Å². The van der Waals surface area contributed by atoms with Gasteiger partial charge in [0.2, 0.25) is 0 Å². The van der Waals surface area contributed by atoms with E-state index in [4.69, 9.17) is 4.74 Å². The maximum absolute atomic E-state index is 12.1. The number of esters is 1. The van der Waals surface area contributed by atoms with Crippen LogP contribution < -0.4 is 0 Å². The Balaban J connectivity index is 2.01. The first-order valence-corrected chi connectivity index (χ1v) is 6.52. The van der Waals surface area contributed by atoms with Crippen molar-refractivity contribution in [3.8, 4) is 0 Å². The van der Waals surface area contributed by atoms with Gasteiger partial charge in [0.1, 0.15) is 5.60 Å². The molecular formula is C14H24O2. The van der Waals surface area contributed by atoms with Crippen molar-refractivity contribution in [3.05, 3.63) is 0 Å². The van der Waals surface area contributed by atoms with Crippen LogP contribution in [0.1, 0.15) is 47.5 Å². The largest absolute Gasteiger partial charge is 0.460 e. The molecule has 92 valence electrons. The summed E-state index contributed by atoms with van der Waals surface area (Å²) in [6.07, 6.45) is 2.30. The standard InChI is InChI=1S/C14H24O2/c1-8-9(2)11-6-10(8)7-12(11)13(15)16-14(3,4)5/h8-12H,6-7H2,1-5H3. The maximum atomic E-state index is 12.1. The van der Waals surface area contributed by atoms with Gasteiger partial charge in [0.25, 0.3) is 0 Å². The Morgan fingerprint density at radius 1 is 1.12 bits per heavy atom. The molecule has 0 aromatic rings. The van der Waals surface area contributed by atoms with Crippen molar-refractivity contribution in [3.63, 3.8) is 0 Å². The van der Waals surface area contributed by atoms with Crippen LogP contribution >= 0.6 is 0 Å². The number of hydrogen-bond acceptors (Lipinski definition) is 2. The highest BCUT2D eigenvalue weighted by Crippen LogP contribution is 2.55. The van der Waals surface area contributed by atoms with E-state index in [1.165, 1.54) is 6.42 Å². The van der Waals surface area contributed by atoms with Gasteiger partial charge in [-0.2, -0.15) is 0 Å². The van der Waals surface area contributed by atoms with E-state index in [2.05, 4.69) is 13.8 Å². The second kappa shape index (κ2) is 3.75.